The Labute approximate surface area is 141 Å². The molecular formula is C18H17NO4S. The number of rotatable bonds is 4. The summed E-state index contributed by atoms with van der Waals surface area (Å²) in [4.78, 5) is 12.5. The lowest BCUT2D eigenvalue weighted by atomic mass is 9.96. The largest absolute Gasteiger partial charge is 0.487 e. The predicted octanol–water partition coefficient (Wildman–Crippen LogP) is 2.50. The molecule has 0 aromatic heterocycles. The minimum Gasteiger partial charge on any atom is -0.487 e. The molecule has 0 radical (unpaired) electrons. The van der Waals surface area contributed by atoms with E-state index in [1.54, 1.807) is 18.2 Å². The number of benzene rings is 2. The van der Waals surface area contributed by atoms with Crippen LogP contribution in [0.15, 0.2) is 71.5 Å². The summed E-state index contributed by atoms with van der Waals surface area (Å²) in [7, 11) is -3.72. The SMILES string of the molecule is Cc1ccc(C2CO/C(=C/NS(=O)(=O)c3ccccc3)C2=O)cc1. The number of carbonyl (C=O) groups is 1. The third-order valence-electron chi connectivity index (χ3n) is 3.84. The fourth-order valence-electron chi connectivity index (χ4n) is 2.45. The van der Waals surface area contributed by atoms with E-state index < -0.39 is 15.9 Å². The van der Waals surface area contributed by atoms with Crippen LogP contribution in [0.4, 0.5) is 0 Å². The van der Waals surface area contributed by atoms with Gasteiger partial charge < -0.3 is 4.74 Å². The van der Waals surface area contributed by atoms with Crippen LogP contribution in [0, 0.1) is 6.92 Å². The van der Waals surface area contributed by atoms with Crippen LogP contribution < -0.4 is 4.72 Å². The molecule has 6 heteroatoms. The number of Topliss-reactive ketones (excluding diaryl/α,β-unsaturated/α-hetero) is 1. The molecule has 5 nitrogen and oxygen atoms in total. The number of carbonyl (C=O) groups excluding carboxylic acids is 1. The highest BCUT2D eigenvalue weighted by atomic mass is 32.2. The molecule has 24 heavy (non-hydrogen) atoms. The van der Waals surface area contributed by atoms with Crippen LogP contribution in [0.25, 0.3) is 0 Å². The summed E-state index contributed by atoms with van der Waals surface area (Å²) in [5, 5.41) is 0. The van der Waals surface area contributed by atoms with Gasteiger partial charge in [-0.1, -0.05) is 48.0 Å². The number of hydrogen-bond acceptors (Lipinski definition) is 4. The number of ketones is 1. The van der Waals surface area contributed by atoms with E-state index >= 15 is 0 Å². The van der Waals surface area contributed by atoms with Crippen molar-refractivity contribution < 1.29 is 17.9 Å². The number of nitrogens with one attached hydrogen (secondary N) is 1. The molecule has 1 heterocycles. The Hall–Kier alpha value is -2.60. The molecule has 0 bridgehead atoms. The van der Waals surface area contributed by atoms with Crippen molar-refractivity contribution in [2.45, 2.75) is 17.7 Å². The lowest BCUT2D eigenvalue weighted by molar-refractivity contribution is -0.116. The van der Waals surface area contributed by atoms with Crippen LogP contribution in [0.3, 0.4) is 0 Å². The lowest BCUT2D eigenvalue weighted by Gasteiger charge is -2.05. The van der Waals surface area contributed by atoms with Gasteiger partial charge in [-0.15, -0.1) is 0 Å². The summed E-state index contributed by atoms with van der Waals surface area (Å²) in [5.74, 6) is -0.604. The van der Waals surface area contributed by atoms with E-state index in [2.05, 4.69) is 4.72 Å². The topological polar surface area (TPSA) is 72.5 Å². The summed E-state index contributed by atoms with van der Waals surface area (Å²) in [6.07, 6.45) is 1.12. The van der Waals surface area contributed by atoms with Gasteiger partial charge >= 0.3 is 0 Å². The fraction of sp³-hybridized carbons (Fsp3) is 0.167. The zero-order chi connectivity index (χ0) is 17.2. The van der Waals surface area contributed by atoms with Gasteiger partial charge in [-0.25, -0.2) is 8.42 Å². The number of hydrogen-bond donors (Lipinski definition) is 1. The minimum atomic E-state index is -3.72. The van der Waals surface area contributed by atoms with Crippen molar-refractivity contribution in [2.75, 3.05) is 6.61 Å². The van der Waals surface area contributed by atoms with Crippen LogP contribution in [-0.4, -0.2) is 20.8 Å². The van der Waals surface area contributed by atoms with Gasteiger partial charge in [0.05, 0.1) is 17.0 Å². The van der Waals surface area contributed by atoms with E-state index in [-0.39, 0.29) is 23.0 Å². The first-order valence-corrected chi connectivity index (χ1v) is 8.97. The first-order valence-electron chi connectivity index (χ1n) is 7.48. The van der Waals surface area contributed by atoms with Crippen molar-refractivity contribution in [3.05, 3.63) is 77.7 Å². The highest BCUT2D eigenvalue weighted by Crippen LogP contribution is 2.28. The van der Waals surface area contributed by atoms with Gasteiger partial charge in [0.25, 0.3) is 10.0 Å². The molecule has 2 aromatic carbocycles. The summed E-state index contributed by atoms with van der Waals surface area (Å²) in [6.45, 7) is 2.18. The highest BCUT2D eigenvalue weighted by Gasteiger charge is 2.33. The molecule has 0 aliphatic carbocycles. The van der Waals surface area contributed by atoms with Crippen LogP contribution >= 0.6 is 0 Å². The zero-order valence-electron chi connectivity index (χ0n) is 13.1. The van der Waals surface area contributed by atoms with E-state index in [1.807, 2.05) is 31.2 Å². The Morgan fingerprint density at radius 1 is 1.08 bits per heavy atom. The van der Waals surface area contributed by atoms with Gasteiger partial charge in [0.1, 0.15) is 6.61 Å². The minimum absolute atomic E-state index is 0.0279. The van der Waals surface area contributed by atoms with Crippen LogP contribution in [0.1, 0.15) is 17.0 Å². The lowest BCUT2D eigenvalue weighted by Crippen LogP contribution is -2.19. The van der Waals surface area contributed by atoms with E-state index in [0.717, 1.165) is 17.3 Å². The van der Waals surface area contributed by atoms with Crippen LogP contribution in [0.2, 0.25) is 0 Å². The van der Waals surface area contributed by atoms with Gasteiger partial charge in [0.2, 0.25) is 5.78 Å². The molecule has 1 fully saturated rings. The predicted molar refractivity (Wildman–Crippen MR) is 89.7 cm³/mol. The molecule has 124 valence electrons. The second kappa shape index (κ2) is 6.49. The van der Waals surface area contributed by atoms with Gasteiger partial charge in [-0.2, -0.15) is 0 Å². The normalized spacial score (nSPS) is 19.3. The van der Waals surface area contributed by atoms with E-state index in [0.29, 0.717) is 0 Å². The average Bonchev–Trinajstić information content (AvgIpc) is 2.95. The number of sulfonamides is 1. The van der Waals surface area contributed by atoms with Crippen molar-refractivity contribution in [3.63, 3.8) is 0 Å². The number of aryl methyl sites for hydroxylation is 1. The maximum absolute atomic E-state index is 12.4. The molecule has 0 spiro atoms. The van der Waals surface area contributed by atoms with Crippen LogP contribution in [0.5, 0.6) is 0 Å². The summed E-state index contributed by atoms with van der Waals surface area (Å²) in [6, 6.07) is 15.6. The molecule has 3 rings (SSSR count). The Morgan fingerprint density at radius 3 is 2.42 bits per heavy atom. The molecule has 2 aromatic rings. The molecule has 1 atom stereocenters. The molecular weight excluding hydrogens is 326 g/mol. The smallest absolute Gasteiger partial charge is 0.261 e. The van der Waals surface area contributed by atoms with Crippen molar-refractivity contribution in [2.24, 2.45) is 0 Å². The Morgan fingerprint density at radius 2 is 1.75 bits per heavy atom. The van der Waals surface area contributed by atoms with Crippen molar-refractivity contribution in [1.82, 2.24) is 4.72 Å². The van der Waals surface area contributed by atoms with Gasteiger partial charge in [0, 0.05) is 0 Å². The Kier molecular flexibility index (Phi) is 4.40. The Balaban J connectivity index is 1.75. The summed E-state index contributed by atoms with van der Waals surface area (Å²) < 4.78 is 32.0. The molecule has 1 aliphatic rings. The fourth-order valence-corrected chi connectivity index (χ4v) is 3.36. The summed E-state index contributed by atoms with van der Waals surface area (Å²) >= 11 is 0. The molecule has 0 saturated carbocycles. The first kappa shape index (κ1) is 16.3. The number of allylic oxidation sites excluding steroid dienone is 1. The second-order valence-electron chi connectivity index (χ2n) is 5.58. The van der Waals surface area contributed by atoms with Crippen molar-refractivity contribution in [1.29, 1.82) is 0 Å². The summed E-state index contributed by atoms with van der Waals surface area (Å²) in [5.41, 5.74) is 1.97. The van der Waals surface area contributed by atoms with E-state index in [1.165, 1.54) is 12.1 Å². The molecule has 1 unspecified atom stereocenters. The van der Waals surface area contributed by atoms with Gasteiger partial charge in [0.15, 0.2) is 5.76 Å². The molecule has 1 aliphatic heterocycles. The Bertz CT molecular complexity index is 871. The standard InChI is InChI=1S/C18H17NO4S/c1-13-7-9-14(10-8-13)16-12-23-17(18(16)20)11-19-24(21,22)15-5-3-2-4-6-15/h2-11,16,19H,12H2,1H3/b17-11+. The maximum atomic E-state index is 12.4. The molecule has 0 amide bonds. The van der Waals surface area contributed by atoms with Crippen LogP contribution in [-0.2, 0) is 19.6 Å². The zero-order valence-corrected chi connectivity index (χ0v) is 13.9. The number of ether oxygens (including phenoxy) is 1. The third kappa shape index (κ3) is 3.33. The molecule has 1 saturated heterocycles. The second-order valence-corrected chi connectivity index (χ2v) is 7.30. The van der Waals surface area contributed by atoms with Gasteiger partial charge in [-0.3, -0.25) is 9.52 Å². The molecule has 1 N–H and O–H groups in total. The van der Waals surface area contributed by atoms with E-state index in [4.69, 9.17) is 4.74 Å². The quantitative estimate of drug-likeness (QED) is 0.866. The highest BCUT2D eigenvalue weighted by molar-refractivity contribution is 7.89. The van der Waals surface area contributed by atoms with Crippen molar-refractivity contribution >= 4 is 15.8 Å². The first-order chi connectivity index (χ1) is 11.5. The van der Waals surface area contributed by atoms with E-state index in [9.17, 15) is 13.2 Å². The monoisotopic (exact) mass is 343 g/mol. The average molecular weight is 343 g/mol. The van der Waals surface area contributed by atoms with Gasteiger partial charge in [-0.05, 0) is 24.6 Å². The van der Waals surface area contributed by atoms with Crippen molar-refractivity contribution in [3.8, 4) is 0 Å². The maximum Gasteiger partial charge on any atom is 0.261 e. The third-order valence-corrected chi connectivity index (χ3v) is 5.16.